The van der Waals surface area contributed by atoms with E-state index in [-0.39, 0.29) is 0 Å². The van der Waals surface area contributed by atoms with Crippen LogP contribution in [0.15, 0.2) is 91.4 Å². The lowest BCUT2D eigenvalue weighted by Gasteiger charge is -2.13. The fraction of sp³-hybridized carbons (Fsp3) is 0.111. The Labute approximate surface area is 188 Å². The second-order valence-corrected chi connectivity index (χ2v) is 8.10. The molecule has 0 spiro atoms. The van der Waals surface area contributed by atoms with E-state index in [0.717, 1.165) is 45.0 Å². The summed E-state index contributed by atoms with van der Waals surface area (Å²) in [5, 5.41) is 4.51. The number of aryl methyl sites for hydroxylation is 1. The fourth-order valence-corrected chi connectivity index (χ4v) is 3.87. The predicted molar refractivity (Wildman–Crippen MR) is 133 cm³/mol. The Bertz CT molecular complexity index is 1350. The number of nitrogens with zero attached hydrogens (tertiary/aromatic N) is 4. The third kappa shape index (κ3) is 3.69. The van der Waals surface area contributed by atoms with E-state index in [4.69, 9.17) is 0 Å². The number of benzene rings is 3. The van der Waals surface area contributed by atoms with Gasteiger partial charge in [0.25, 0.3) is 0 Å². The summed E-state index contributed by atoms with van der Waals surface area (Å²) in [5.74, 6) is 0.789. The summed E-state index contributed by atoms with van der Waals surface area (Å²) < 4.78 is 2.14. The van der Waals surface area contributed by atoms with Gasteiger partial charge in [-0.2, -0.15) is 0 Å². The van der Waals surface area contributed by atoms with Crippen molar-refractivity contribution in [2.45, 2.75) is 6.92 Å². The van der Waals surface area contributed by atoms with Gasteiger partial charge in [0, 0.05) is 42.9 Å². The lowest BCUT2D eigenvalue weighted by atomic mass is 10.1. The zero-order valence-electron chi connectivity index (χ0n) is 18.4. The molecule has 3 aromatic carbocycles. The van der Waals surface area contributed by atoms with Crippen molar-refractivity contribution in [1.82, 2.24) is 14.5 Å². The average molecular weight is 420 g/mol. The standard InChI is InChI=1S/C27H25N5/c1-19-9-13-23(14-10-19)32-17-24(20-7-5-4-6-8-20)25-26(28-18-29-27(25)32)30-21-11-15-22(16-12-21)31(2)3/h4-18H,1-3H3,(H,28,29,30). The molecule has 0 aliphatic rings. The van der Waals surface area contributed by atoms with Crippen LogP contribution in [0.1, 0.15) is 5.56 Å². The highest BCUT2D eigenvalue weighted by Crippen LogP contribution is 2.36. The van der Waals surface area contributed by atoms with Gasteiger partial charge < -0.3 is 14.8 Å². The Morgan fingerprint density at radius 2 is 1.53 bits per heavy atom. The molecule has 2 aromatic heterocycles. The molecule has 5 nitrogen and oxygen atoms in total. The van der Waals surface area contributed by atoms with Crippen molar-refractivity contribution < 1.29 is 0 Å². The fourth-order valence-electron chi connectivity index (χ4n) is 3.87. The Balaban J connectivity index is 1.67. The minimum Gasteiger partial charge on any atom is -0.378 e. The number of hydrogen-bond donors (Lipinski definition) is 1. The Morgan fingerprint density at radius 3 is 2.22 bits per heavy atom. The summed E-state index contributed by atoms with van der Waals surface area (Å²) in [7, 11) is 4.08. The molecular formula is C27H25N5. The maximum Gasteiger partial charge on any atom is 0.150 e. The maximum absolute atomic E-state index is 4.67. The van der Waals surface area contributed by atoms with Gasteiger partial charge >= 0.3 is 0 Å². The van der Waals surface area contributed by atoms with Crippen molar-refractivity contribution in [3.8, 4) is 16.8 Å². The van der Waals surface area contributed by atoms with E-state index in [0.29, 0.717) is 0 Å². The molecule has 0 saturated carbocycles. The molecule has 5 rings (SSSR count). The number of aromatic nitrogens is 3. The van der Waals surface area contributed by atoms with Crippen molar-refractivity contribution in [3.63, 3.8) is 0 Å². The molecule has 5 aromatic rings. The first kappa shape index (κ1) is 19.8. The lowest BCUT2D eigenvalue weighted by Crippen LogP contribution is -2.08. The largest absolute Gasteiger partial charge is 0.378 e. The first-order valence-corrected chi connectivity index (χ1v) is 10.6. The summed E-state index contributed by atoms with van der Waals surface area (Å²) in [6.45, 7) is 2.10. The monoisotopic (exact) mass is 419 g/mol. The summed E-state index contributed by atoms with van der Waals surface area (Å²) in [6.07, 6.45) is 3.78. The van der Waals surface area contributed by atoms with E-state index in [2.05, 4.69) is 111 Å². The van der Waals surface area contributed by atoms with Gasteiger partial charge in [-0.15, -0.1) is 0 Å². The Morgan fingerprint density at radius 1 is 0.812 bits per heavy atom. The molecule has 0 atom stereocenters. The normalized spacial score (nSPS) is 11.0. The summed E-state index contributed by atoms with van der Waals surface area (Å²) >= 11 is 0. The minimum absolute atomic E-state index is 0.789. The van der Waals surface area contributed by atoms with Gasteiger partial charge in [0.2, 0.25) is 0 Å². The lowest BCUT2D eigenvalue weighted by molar-refractivity contribution is 1.07. The van der Waals surface area contributed by atoms with E-state index < -0.39 is 0 Å². The van der Waals surface area contributed by atoms with Crippen LogP contribution < -0.4 is 10.2 Å². The van der Waals surface area contributed by atoms with Crippen LogP contribution in [0.25, 0.3) is 27.8 Å². The molecule has 0 unspecified atom stereocenters. The van der Waals surface area contributed by atoms with Crippen LogP contribution in [-0.2, 0) is 0 Å². The van der Waals surface area contributed by atoms with Crippen LogP contribution in [0.3, 0.4) is 0 Å². The smallest absolute Gasteiger partial charge is 0.150 e. The molecule has 2 heterocycles. The third-order valence-corrected chi connectivity index (χ3v) is 5.63. The third-order valence-electron chi connectivity index (χ3n) is 5.63. The van der Waals surface area contributed by atoms with Crippen LogP contribution >= 0.6 is 0 Å². The SMILES string of the molecule is Cc1ccc(-n2cc(-c3ccccc3)c3c(Nc4ccc(N(C)C)cc4)ncnc32)cc1. The topological polar surface area (TPSA) is 46.0 Å². The van der Waals surface area contributed by atoms with E-state index in [9.17, 15) is 0 Å². The zero-order valence-corrected chi connectivity index (χ0v) is 18.4. The molecule has 32 heavy (non-hydrogen) atoms. The zero-order chi connectivity index (χ0) is 22.1. The van der Waals surface area contributed by atoms with Crippen molar-refractivity contribution in [3.05, 3.63) is 97.0 Å². The van der Waals surface area contributed by atoms with Crippen LogP contribution in [0.5, 0.6) is 0 Å². The summed E-state index contributed by atoms with van der Waals surface area (Å²) in [6, 6.07) is 27.2. The molecule has 0 aliphatic heterocycles. The Hall–Kier alpha value is -4.12. The summed E-state index contributed by atoms with van der Waals surface area (Å²) in [5.41, 5.74) is 7.53. The van der Waals surface area contributed by atoms with Gasteiger partial charge in [0.1, 0.15) is 12.1 Å². The van der Waals surface area contributed by atoms with Crippen molar-refractivity contribution in [2.24, 2.45) is 0 Å². The van der Waals surface area contributed by atoms with Crippen LogP contribution in [0.4, 0.5) is 17.2 Å². The van der Waals surface area contributed by atoms with E-state index in [1.165, 1.54) is 5.56 Å². The molecule has 0 fully saturated rings. The number of hydrogen-bond acceptors (Lipinski definition) is 4. The van der Waals surface area contributed by atoms with Crippen molar-refractivity contribution in [1.29, 1.82) is 0 Å². The number of anilines is 3. The number of fused-ring (bicyclic) bond motifs is 1. The van der Waals surface area contributed by atoms with Gasteiger partial charge in [0.05, 0.1) is 5.39 Å². The van der Waals surface area contributed by atoms with E-state index >= 15 is 0 Å². The van der Waals surface area contributed by atoms with Gasteiger partial charge in [-0.3, -0.25) is 0 Å². The highest BCUT2D eigenvalue weighted by Gasteiger charge is 2.17. The molecule has 158 valence electrons. The molecule has 0 amide bonds. The van der Waals surface area contributed by atoms with E-state index in [1.807, 2.05) is 20.2 Å². The molecule has 0 saturated heterocycles. The second-order valence-electron chi connectivity index (χ2n) is 8.10. The number of nitrogens with one attached hydrogen (secondary N) is 1. The van der Waals surface area contributed by atoms with Gasteiger partial charge in [-0.25, -0.2) is 9.97 Å². The second kappa shape index (κ2) is 8.19. The predicted octanol–water partition coefficient (Wildman–Crippen LogP) is 6.21. The Kier molecular flexibility index (Phi) is 5.07. The van der Waals surface area contributed by atoms with Crippen molar-refractivity contribution in [2.75, 3.05) is 24.3 Å². The maximum atomic E-state index is 4.67. The first-order valence-electron chi connectivity index (χ1n) is 10.6. The van der Waals surface area contributed by atoms with Crippen LogP contribution in [-0.4, -0.2) is 28.6 Å². The van der Waals surface area contributed by atoms with Crippen molar-refractivity contribution >= 4 is 28.2 Å². The minimum atomic E-state index is 0.789. The number of rotatable bonds is 5. The molecule has 1 N–H and O–H groups in total. The molecule has 5 heteroatoms. The van der Waals surface area contributed by atoms with Crippen LogP contribution in [0.2, 0.25) is 0 Å². The quantitative estimate of drug-likeness (QED) is 0.368. The highest BCUT2D eigenvalue weighted by molar-refractivity contribution is 6.03. The highest BCUT2D eigenvalue weighted by atomic mass is 15.1. The van der Waals surface area contributed by atoms with Gasteiger partial charge in [0.15, 0.2) is 5.65 Å². The molecule has 0 radical (unpaired) electrons. The van der Waals surface area contributed by atoms with E-state index in [1.54, 1.807) is 6.33 Å². The molecule has 0 bridgehead atoms. The van der Waals surface area contributed by atoms with Crippen LogP contribution in [0, 0.1) is 6.92 Å². The molecular weight excluding hydrogens is 394 g/mol. The summed E-state index contributed by atoms with van der Waals surface area (Å²) in [4.78, 5) is 11.4. The van der Waals surface area contributed by atoms with Gasteiger partial charge in [-0.05, 0) is 48.9 Å². The molecule has 0 aliphatic carbocycles. The first-order chi connectivity index (χ1) is 15.6. The average Bonchev–Trinajstić information content (AvgIpc) is 3.21. The van der Waals surface area contributed by atoms with Gasteiger partial charge in [-0.1, -0.05) is 48.0 Å².